The van der Waals surface area contributed by atoms with Gasteiger partial charge in [-0.05, 0) is 34.1 Å². The third kappa shape index (κ3) is 3.71. The summed E-state index contributed by atoms with van der Waals surface area (Å²) in [5.41, 5.74) is 0.165. The van der Waals surface area contributed by atoms with E-state index in [2.05, 4.69) is 15.9 Å². The van der Waals surface area contributed by atoms with Crippen LogP contribution >= 0.6 is 27.5 Å². The second-order valence-electron chi connectivity index (χ2n) is 3.99. The molecule has 1 aromatic heterocycles. The van der Waals surface area contributed by atoms with Crippen molar-refractivity contribution < 1.29 is 9.53 Å². The van der Waals surface area contributed by atoms with Crippen molar-refractivity contribution in [2.45, 2.75) is 6.54 Å². The van der Waals surface area contributed by atoms with Gasteiger partial charge >= 0.3 is 5.97 Å². The monoisotopic (exact) mass is 355 g/mol. The Kier molecular flexibility index (Phi) is 4.98. The van der Waals surface area contributed by atoms with E-state index >= 15 is 0 Å². The van der Waals surface area contributed by atoms with Crippen LogP contribution in [0, 0.1) is 0 Å². The summed E-state index contributed by atoms with van der Waals surface area (Å²) in [7, 11) is 0. The lowest BCUT2D eigenvalue weighted by Gasteiger charge is -2.08. The average molecular weight is 357 g/mol. The van der Waals surface area contributed by atoms with Crippen LogP contribution in [0.25, 0.3) is 0 Å². The summed E-state index contributed by atoms with van der Waals surface area (Å²) in [6.45, 7) is 0.384. The predicted octanol–water partition coefficient (Wildman–Crippen LogP) is 3.12. The maximum atomic E-state index is 11.8. The molecule has 20 heavy (non-hydrogen) atoms. The second kappa shape index (κ2) is 6.72. The van der Waals surface area contributed by atoms with Crippen LogP contribution in [0.3, 0.4) is 0 Å². The van der Waals surface area contributed by atoms with Crippen molar-refractivity contribution in [1.29, 1.82) is 0 Å². The number of halogens is 2. The fourth-order valence-corrected chi connectivity index (χ4v) is 2.21. The Hall–Kier alpha value is -1.59. The summed E-state index contributed by atoms with van der Waals surface area (Å²) in [5, 5.41) is 0.345. The minimum Gasteiger partial charge on any atom is -0.460 e. The molecule has 0 atom stereocenters. The molecule has 0 saturated carbocycles. The number of aromatic nitrogens is 1. The highest BCUT2D eigenvalue weighted by molar-refractivity contribution is 9.10. The zero-order chi connectivity index (χ0) is 14.5. The number of hydrogen-bond acceptors (Lipinski definition) is 3. The highest BCUT2D eigenvalue weighted by atomic mass is 79.9. The maximum Gasteiger partial charge on any atom is 0.339 e. The third-order valence-corrected chi connectivity index (χ3v) is 3.41. The van der Waals surface area contributed by atoms with Crippen LogP contribution in [0.4, 0.5) is 0 Å². The van der Waals surface area contributed by atoms with Crippen molar-refractivity contribution in [2.75, 3.05) is 6.61 Å². The standard InChI is InChI=1S/C14H11BrClNO3/c15-10-5-6-13(18)17(9-10)7-8-20-14(19)11-3-1-2-4-12(11)16/h1-6,9H,7-8H2. The van der Waals surface area contributed by atoms with E-state index in [9.17, 15) is 9.59 Å². The number of carbonyl (C=O) groups excluding carboxylic acids is 1. The first-order valence-corrected chi connectivity index (χ1v) is 7.02. The molecular weight excluding hydrogens is 346 g/mol. The Morgan fingerprint density at radius 3 is 2.75 bits per heavy atom. The predicted molar refractivity (Wildman–Crippen MR) is 80.1 cm³/mol. The van der Waals surface area contributed by atoms with Gasteiger partial charge in [0, 0.05) is 16.7 Å². The van der Waals surface area contributed by atoms with Gasteiger partial charge in [0.2, 0.25) is 0 Å². The van der Waals surface area contributed by atoms with Gasteiger partial charge in [-0.3, -0.25) is 4.79 Å². The number of rotatable bonds is 4. The molecule has 0 saturated heterocycles. The second-order valence-corrected chi connectivity index (χ2v) is 5.32. The van der Waals surface area contributed by atoms with Crippen molar-refractivity contribution in [3.8, 4) is 0 Å². The van der Waals surface area contributed by atoms with E-state index in [-0.39, 0.29) is 18.7 Å². The smallest absolute Gasteiger partial charge is 0.339 e. The van der Waals surface area contributed by atoms with E-state index in [1.807, 2.05) is 0 Å². The Morgan fingerprint density at radius 2 is 2.00 bits per heavy atom. The molecule has 0 spiro atoms. The first-order valence-electron chi connectivity index (χ1n) is 5.85. The lowest BCUT2D eigenvalue weighted by molar-refractivity contribution is 0.0490. The van der Waals surface area contributed by atoms with Gasteiger partial charge in [-0.25, -0.2) is 4.79 Å². The summed E-state index contributed by atoms with van der Waals surface area (Å²) < 4.78 is 7.36. The molecule has 0 aliphatic heterocycles. The summed E-state index contributed by atoms with van der Waals surface area (Å²) in [6.07, 6.45) is 1.64. The lowest BCUT2D eigenvalue weighted by Crippen LogP contribution is -2.22. The number of benzene rings is 1. The number of carbonyl (C=O) groups is 1. The van der Waals surface area contributed by atoms with Gasteiger partial charge in [0.1, 0.15) is 6.61 Å². The Morgan fingerprint density at radius 1 is 1.25 bits per heavy atom. The van der Waals surface area contributed by atoms with Gasteiger partial charge in [0.15, 0.2) is 0 Å². The van der Waals surface area contributed by atoms with E-state index in [0.717, 1.165) is 4.47 Å². The third-order valence-electron chi connectivity index (χ3n) is 2.61. The van der Waals surface area contributed by atoms with Crippen molar-refractivity contribution >= 4 is 33.5 Å². The van der Waals surface area contributed by atoms with Crippen LogP contribution < -0.4 is 5.56 Å². The molecule has 0 unspecified atom stereocenters. The molecule has 0 fully saturated rings. The average Bonchev–Trinajstić information content (AvgIpc) is 2.43. The molecule has 0 aliphatic rings. The van der Waals surface area contributed by atoms with Gasteiger partial charge in [-0.2, -0.15) is 0 Å². The van der Waals surface area contributed by atoms with E-state index in [0.29, 0.717) is 10.6 Å². The van der Waals surface area contributed by atoms with Gasteiger partial charge in [-0.15, -0.1) is 0 Å². The molecule has 0 aliphatic carbocycles. The maximum absolute atomic E-state index is 11.8. The molecule has 4 nitrogen and oxygen atoms in total. The molecular formula is C14H11BrClNO3. The molecule has 104 valence electrons. The van der Waals surface area contributed by atoms with Crippen molar-refractivity contribution in [1.82, 2.24) is 4.57 Å². The molecule has 2 rings (SSSR count). The van der Waals surface area contributed by atoms with Crippen LogP contribution in [0.5, 0.6) is 0 Å². The van der Waals surface area contributed by atoms with Gasteiger partial charge in [0.05, 0.1) is 17.1 Å². The largest absolute Gasteiger partial charge is 0.460 e. The normalized spacial score (nSPS) is 10.3. The van der Waals surface area contributed by atoms with Gasteiger partial charge in [0.25, 0.3) is 5.56 Å². The molecule has 0 radical (unpaired) electrons. The number of pyridine rings is 1. The fraction of sp³-hybridized carbons (Fsp3) is 0.143. The number of hydrogen-bond donors (Lipinski definition) is 0. The van der Waals surface area contributed by atoms with Crippen molar-refractivity contribution in [2.24, 2.45) is 0 Å². The quantitative estimate of drug-likeness (QED) is 0.791. The molecule has 0 amide bonds. The molecule has 1 heterocycles. The molecule has 2 aromatic rings. The number of nitrogens with zero attached hydrogens (tertiary/aromatic N) is 1. The van der Waals surface area contributed by atoms with Crippen LogP contribution in [0.1, 0.15) is 10.4 Å². The summed E-state index contributed by atoms with van der Waals surface area (Å²) in [4.78, 5) is 23.4. The Bertz CT molecular complexity index is 684. The number of esters is 1. The molecule has 0 bridgehead atoms. The summed E-state index contributed by atoms with van der Waals surface area (Å²) in [5.74, 6) is -0.501. The molecule has 0 N–H and O–H groups in total. The van der Waals surface area contributed by atoms with Crippen LogP contribution in [0.2, 0.25) is 5.02 Å². The fourth-order valence-electron chi connectivity index (χ4n) is 1.62. The highest BCUT2D eigenvalue weighted by Crippen LogP contribution is 2.15. The zero-order valence-electron chi connectivity index (χ0n) is 10.4. The summed E-state index contributed by atoms with van der Waals surface area (Å²) in [6, 6.07) is 9.77. The van der Waals surface area contributed by atoms with Gasteiger partial charge < -0.3 is 9.30 Å². The van der Waals surface area contributed by atoms with Gasteiger partial charge in [-0.1, -0.05) is 23.7 Å². The topological polar surface area (TPSA) is 48.3 Å². The van der Waals surface area contributed by atoms with Crippen LogP contribution in [-0.2, 0) is 11.3 Å². The van der Waals surface area contributed by atoms with Crippen LogP contribution in [-0.4, -0.2) is 17.1 Å². The van der Waals surface area contributed by atoms with E-state index < -0.39 is 5.97 Å². The van der Waals surface area contributed by atoms with E-state index in [1.165, 1.54) is 10.6 Å². The first-order chi connectivity index (χ1) is 9.58. The zero-order valence-corrected chi connectivity index (χ0v) is 12.7. The van der Waals surface area contributed by atoms with Crippen LogP contribution in [0.15, 0.2) is 51.9 Å². The van der Waals surface area contributed by atoms with E-state index in [1.54, 1.807) is 36.5 Å². The minimum absolute atomic E-state index is 0.0976. The first kappa shape index (κ1) is 14.8. The van der Waals surface area contributed by atoms with E-state index in [4.69, 9.17) is 16.3 Å². The number of ether oxygens (including phenoxy) is 1. The molecule has 6 heteroatoms. The Labute approximate surface area is 129 Å². The SMILES string of the molecule is O=C(OCCn1cc(Br)ccc1=O)c1ccccc1Cl. The minimum atomic E-state index is -0.501. The van der Waals surface area contributed by atoms with Crippen molar-refractivity contribution in [3.63, 3.8) is 0 Å². The Balaban J connectivity index is 1.96. The highest BCUT2D eigenvalue weighted by Gasteiger charge is 2.10. The summed E-state index contributed by atoms with van der Waals surface area (Å²) >= 11 is 9.18. The molecule has 1 aromatic carbocycles. The van der Waals surface area contributed by atoms with Crippen molar-refractivity contribution in [3.05, 3.63) is 68.0 Å². The lowest BCUT2D eigenvalue weighted by atomic mass is 10.2.